The van der Waals surface area contributed by atoms with Crippen LogP contribution < -0.4 is 5.32 Å². The number of nitrogens with one attached hydrogen (secondary N) is 1. The largest absolute Gasteiger partial charge is 0.355 e. The molecule has 0 aliphatic heterocycles. The van der Waals surface area contributed by atoms with Crippen molar-refractivity contribution in [2.75, 3.05) is 26.2 Å². The van der Waals surface area contributed by atoms with Gasteiger partial charge in [-0.05, 0) is 32.4 Å². The van der Waals surface area contributed by atoms with Gasteiger partial charge in [-0.1, -0.05) is 27.2 Å². The lowest BCUT2D eigenvalue weighted by atomic mass is 10.3. The van der Waals surface area contributed by atoms with Crippen LogP contribution in [0.15, 0.2) is 0 Å². The summed E-state index contributed by atoms with van der Waals surface area (Å²) in [6, 6.07) is 0. The minimum absolute atomic E-state index is 0.172. The number of amides is 1. The van der Waals surface area contributed by atoms with E-state index in [-0.39, 0.29) is 5.91 Å². The van der Waals surface area contributed by atoms with E-state index in [2.05, 4.69) is 31.0 Å². The van der Waals surface area contributed by atoms with Gasteiger partial charge >= 0.3 is 0 Å². The molecule has 0 spiro atoms. The molecule has 0 atom stereocenters. The van der Waals surface area contributed by atoms with Crippen LogP contribution in [0.5, 0.6) is 0 Å². The zero-order valence-corrected chi connectivity index (χ0v) is 10.5. The highest BCUT2D eigenvalue weighted by atomic mass is 16.2. The van der Waals surface area contributed by atoms with Crippen LogP contribution in [0.1, 0.15) is 46.5 Å². The van der Waals surface area contributed by atoms with Crippen molar-refractivity contribution in [2.24, 2.45) is 0 Å². The normalized spacial score (nSPS) is 10.7. The Morgan fingerprint density at radius 2 is 1.67 bits per heavy atom. The number of rotatable bonds is 9. The summed E-state index contributed by atoms with van der Waals surface area (Å²) in [4.78, 5) is 13.7. The molecule has 0 saturated heterocycles. The van der Waals surface area contributed by atoms with E-state index in [4.69, 9.17) is 0 Å². The van der Waals surface area contributed by atoms with E-state index in [1.54, 1.807) is 0 Å². The first-order chi connectivity index (χ1) is 7.24. The van der Waals surface area contributed by atoms with Crippen LogP contribution in [0.4, 0.5) is 0 Å². The Labute approximate surface area is 94.2 Å². The summed E-state index contributed by atoms with van der Waals surface area (Å²) < 4.78 is 0. The molecule has 0 aliphatic carbocycles. The first-order valence-electron chi connectivity index (χ1n) is 6.23. The molecule has 90 valence electrons. The topological polar surface area (TPSA) is 32.3 Å². The van der Waals surface area contributed by atoms with Crippen molar-refractivity contribution in [3.8, 4) is 0 Å². The van der Waals surface area contributed by atoms with Crippen molar-refractivity contribution < 1.29 is 4.79 Å². The highest BCUT2D eigenvalue weighted by Gasteiger charge is 2.07. The molecule has 0 radical (unpaired) electrons. The number of unbranched alkanes of at least 4 members (excludes halogenated alkanes) is 1. The van der Waals surface area contributed by atoms with E-state index >= 15 is 0 Å². The van der Waals surface area contributed by atoms with Crippen molar-refractivity contribution >= 4 is 5.91 Å². The molecule has 0 heterocycles. The molecule has 1 amide bonds. The number of hydrogen-bond donors (Lipinski definition) is 1. The lowest BCUT2D eigenvalue weighted by molar-refractivity contribution is -0.122. The maximum Gasteiger partial charge on any atom is 0.234 e. The molecular weight excluding hydrogens is 188 g/mol. The Kier molecular flexibility index (Phi) is 9.59. The molecular formula is C12H26N2O. The van der Waals surface area contributed by atoms with Gasteiger partial charge in [-0.25, -0.2) is 0 Å². The molecule has 15 heavy (non-hydrogen) atoms. The summed E-state index contributed by atoms with van der Waals surface area (Å²) in [5.74, 6) is 0.172. The summed E-state index contributed by atoms with van der Waals surface area (Å²) in [7, 11) is 0. The second kappa shape index (κ2) is 9.97. The third-order valence-corrected chi connectivity index (χ3v) is 2.30. The smallest absolute Gasteiger partial charge is 0.234 e. The minimum Gasteiger partial charge on any atom is -0.355 e. The fraction of sp³-hybridized carbons (Fsp3) is 0.917. The van der Waals surface area contributed by atoms with E-state index in [9.17, 15) is 4.79 Å². The summed E-state index contributed by atoms with van der Waals surface area (Å²) in [5, 5.41) is 2.95. The van der Waals surface area contributed by atoms with Crippen LogP contribution in [0.25, 0.3) is 0 Å². The SMILES string of the molecule is CCCCNC(=O)CN(CCC)CCC. The van der Waals surface area contributed by atoms with Gasteiger partial charge < -0.3 is 5.32 Å². The molecule has 0 aliphatic rings. The van der Waals surface area contributed by atoms with Crippen molar-refractivity contribution in [2.45, 2.75) is 46.5 Å². The maximum absolute atomic E-state index is 11.5. The lowest BCUT2D eigenvalue weighted by Gasteiger charge is -2.20. The molecule has 3 nitrogen and oxygen atoms in total. The van der Waals surface area contributed by atoms with Crippen LogP contribution in [0.3, 0.4) is 0 Å². The monoisotopic (exact) mass is 214 g/mol. The average Bonchev–Trinajstić information content (AvgIpc) is 2.19. The van der Waals surface area contributed by atoms with E-state index in [1.807, 2.05) is 0 Å². The second-order valence-electron chi connectivity index (χ2n) is 3.98. The van der Waals surface area contributed by atoms with Gasteiger partial charge in [-0.3, -0.25) is 9.69 Å². The van der Waals surface area contributed by atoms with Gasteiger partial charge in [0.25, 0.3) is 0 Å². The molecule has 0 rings (SSSR count). The van der Waals surface area contributed by atoms with Crippen molar-refractivity contribution in [3.63, 3.8) is 0 Å². The zero-order chi connectivity index (χ0) is 11.5. The standard InChI is InChI=1S/C12H26N2O/c1-4-7-8-13-12(15)11-14(9-5-2)10-6-3/h4-11H2,1-3H3,(H,13,15). The van der Waals surface area contributed by atoms with Crippen LogP contribution in [0.2, 0.25) is 0 Å². The van der Waals surface area contributed by atoms with Crippen LogP contribution in [-0.2, 0) is 4.79 Å². The lowest BCUT2D eigenvalue weighted by Crippen LogP contribution is -2.38. The number of hydrogen-bond acceptors (Lipinski definition) is 2. The Balaban J connectivity index is 3.67. The summed E-state index contributed by atoms with van der Waals surface area (Å²) in [6.07, 6.45) is 4.44. The predicted molar refractivity (Wildman–Crippen MR) is 64.9 cm³/mol. The first-order valence-corrected chi connectivity index (χ1v) is 6.23. The molecule has 1 N–H and O–H groups in total. The molecule has 3 heteroatoms. The highest BCUT2D eigenvalue weighted by molar-refractivity contribution is 5.77. The second-order valence-corrected chi connectivity index (χ2v) is 3.98. The Hall–Kier alpha value is -0.570. The summed E-state index contributed by atoms with van der Waals surface area (Å²) in [6.45, 7) is 9.86. The number of carbonyl (C=O) groups excluding carboxylic acids is 1. The quantitative estimate of drug-likeness (QED) is 0.596. The van der Waals surface area contributed by atoms with Gasteiger partial charge in [0.15, 0.2) is 0 Å². The van der Waals surface area contributed by atoms with E-state index in [0.29, 0.717) is 6.54 Å². The molecule has 0 saturated carbocycles. The van der Waals surface area contributed by atoms with Crippen molar-refractivity contribution in [1.29, 1.82) is 0 Å². The Morgan fingerprint density at radius 1 is 1.07 bits per heavy atom. The van der Waals surface area contributed by atoms with Crippen LogP contribution >= 0.6 is 0 Å². The van der Waals surface area contributed by atoms with E-state index in [1.165, 1.54) is 0 Å². The number of nitrogens with zero attached hydrogens (tertiary/aromatic N) is 1. The van der Waals surface area contributed by atoms with Gasteiger partial charge in [0.2, 0.25) is 5.91 Å². The van der Waals surface area contributed by atoms with Crippen molar-refractivity contribution in [1.82, 2.24) is 10.2 Å². The van der Waals surface area contributed by atoms with Gasteiger partial charge in [-0.2, -0.15) is 0 Å². The first kappa shape index (κ1) is 14.4. The highest BCUT2D eigenvalue weighted by Crippen LogP contribution is 1.93. The third-order valence-electron chi connectivity index (χ3n) is 2.30. The minimum atomic E-state index is 0.172. The van der Waals surface area contributed by atoms with E-state index < -0.39 is 0 Å². The number of carbonyl (C=O) groups is 1. The Bertz CT molecular complexity index is 154. The van der Waals surface area contributed by atoms with Crippen LogP contribution in [-0.4, -0.2) is 37.0 Å². The Morgan fingerprint density at radius 3 is 2.13 bits per heavy atom. The fourth-order valence-electron chi connectivity index (χ4n) is 1.57. The van der Waals surface area contributed by atoms with Gasteiger partial charge in [0, 0.05) is 6.54 Å². The van der Waals surface area contributed by atoms with Gasteiger partial charge in [-0.15, -0.1) is 0 Å². The van der Waals surface area contributed by atoms with E-state index in [0.717, 1.165) is 45.3 Å². The van der Waals surface area contributed by atoms with Crippen LogP contribution in [0, 0.1) is 0 Å². The maximum atomic E-state index is 11.5. The van der Waals surface area contributed by atoms with Gasteiger partial charge in [0.05, 0.1) is 6.54 Å². The average molecular weight is 214 g/mol. The fourth-order valence-corrected chi connectivity index (χ4v) is 1.57. The predicted octanol–water partition coefficient (Wildman–Crippen LogP) is 2.02. The molecule has 0 aromatic carbocycles. The molecule has 0 aromatic heterocycles. The molecule has 0 aromatic rings. The summed E-state index contributed by atoms with van der Waals surface area (Å²) >= 11 is 0. The molecule has 0 fully saturated rings. The summed E-state index contributed by atoms with van der Waals surface area (Å²) in [5.41, 5.74) is 0. The van der Waals surface area contributed by atoms with Crippen molar-refractivity contribution in [3.05, 3.63) is 0 Å². The molecule has 0 unspecified atom stereocenters. The molecule has 0 bridgehead atoms. The van der Waals surface area contributed by atoms with Gasteiger partial charge in [0.1, 0.15) is 0 Å². The zero-order valence-electron chi connectivity index (χ0n) is 10.5. The third kappa shape index (κ3) is 8.43.